The van der Waals surface area contributed by atoms with Crippen molar-refractivity contribution in [1.29, 1.82) is 0 Å². The van der Waals surface area contributed by atoms with Gasteiger partial charge in [-0.25, -0.2) is 9.59 Å². The number of benzene rings is 3. The zero-order valence-electron chi connectivity index (χ0n) is 19.5. The van der Waals surface area contributed by atoms with E-state index in [2.05, 4.69) is 17.4 Å². The van der Waals surface area contributed by atoms with E-state index in [0.717, 1.165) is 27.2 Å². The van der Waals surface area contributed by atoms with Crippen molar-refractivity contribution in [3.8, 4) is 11.1 Å². The highest BCUT2D eigenvalue weighted by molar-refractivity contribution is 6.34. The van der Waals surface area contributed by atoms with E-state index in [9.17, 15) is 19.5 Å². The van der Waals surface area contributed by atoms with Crippen LogP contribution in [0.15, 0.2) is 66.7 Å². The van der Waals surface area contributed by atoms with Gasteiger partial charge in [0, 0.05) is 18.5 Å². The summed E-state index contributed by atoms with van der Waals surface area (Å²) in [5.74, 6) is -1.71. The van der Waals surface area contributed by atoms with Crippen molar-refractivity contribution >= 4 is 35.3 Å². The highest BCUT2D eigenvalue weighted by Crippen LogP contribution is 2.44. The standard InChI is InChI=1S/C27H25ClN2O5/c1-27(2,25(32)33)30(3)24(31)16-12-13-23(22(28)14-16)29-26(34)35-15-21-19-10-6-4-8-17(19)18-9-5-7-11-20(18)21/h4-14,21H,15H2,1-3H3,(H,29,34)(H,32,33). The van der Waals surface area contributed by atoms with Gasteiger partial charge in [-0.15, -0.1) is 0 Å². The Balaban J connectivity index is 1.43. The van der Waals surface area contributed by atoms with Crippen LogP contribution >= 0.6 is 11.6 Å². The second kappa shape index (κ2) is 9.43. The SMILES string of the molecule is CN(C(=O)c1ccc(NC(=O)OCC2c3ccccc3-c3ccccc32)c(Cl)c1)C(C)(C)C(=O)O. The van der Waals surface area contributed by atoms with E-state index < -0.39 is 23.5 Å². The lowest BCUT2D eigenvalue weighted by Crippen LogP contribution is -2.50. The molecule has 2 N–H and O–H groups in total. The average molecular weight is 493 g/mol. The number of carbonyl (C=O) groups is 3. The number of carboxylic acid groups (broad SMARTS) is 1. The van der Waals surface area contributed by atoms with E-state index in [4.69, 9.17) is 16.3 Å². The number of nitrogens with one attached hydrogen (secondary N) is 1. The lowest BCUT2D eigenvalue weighted by Gasteiger charge is -2.31. The van der Waals surface area contributed by atoms with Gasteiger partial charge in [0.1, 0.15) is 12.1 Å². The summed E-state index contributed by atoms with van der Waals surface area (Å²) in [4.78, 5) is 37.8. The molecule has 4 rings (SSSR count). The summed E-state index contributed by atoms with van der Waals surface area (Å²) in [6.07, 6.45) is -0.669. The first-order valence-corrected chi connectivity index (χ1v) is 11.4. The molecule has 0 aliphatic heterocycles. The summed E-state index contributed by atoms with van der Waals surface area (Å²) in [5.41, 5.74) is 3.56. The molecule has 0 fully saturated rings. The number of anilines is 1. The number of fused-ring (bicyclic) bond motifs is 3. The molecular weight excluding hydrogens is 468 g/mol. The Morgan fingerprint density at radius 3 is 2.11 bits per heavy atom. The Hall–Kier alpha value is -3.84. The lowest BCUT2D eigenvalue weighted by molar-refractivity contribution is -0.147. The monoisotopic (exact) mass is 492 g/mol. The molecule has 0 bridgehead atoms. The molecule has 0 unspecified atom stereocenters. The molecule has 180 valence electrons. The minimum Gasteiger partial charge on any atom is -0.480 e. The van der Waals surface area contributed by atoms with Crippen molar-refractivity contribution in [2.45, 2.75) is 25.3 Å². The summed E-state index contributed by atoms with van der Waals surface area (Å²) in [6.45, 7) is 3.02. The Labute approximate surface area is 208 Å². The van der Waals surface area contributed by atoms with Crippen LogP contribution < -0.4 is 5.32 Å². The Morgan fingerprint density at radius 1 is 1.00 bits per heavy atom. The van der Waals surface area contributed by atoms with E-state index in [1.54, 1.807) is 0 Å². The summed E-state index contributed by atoms with van der Waals surface area (Å²) < 4.78 is 5.54. The Morgan fingerprint density at radius 2 is 1.57 bits per heavy atom. The number of rotatable bonds is 6. The molecule has 8 heteroatoms. The molecule has 1 aliphatic rings. The summed E-state index contributed by atoms with van der Waals surface area (Å²) >= 11 is 6.30. The summed E-state index contributed by atoms with van der Waals surface area (Å²) in [6, 6.07) is 20.5. The second-order valence-electron chi connectivity index (χ2n) is 8.87. The molecule has 0 spiro atoms. The number of hydrogen-bond acceptors (Lipinski definition) is 4. The van der Waals surface area contributed by atoms with Crippen molar-refractivity contribution in [2.24, 2.45) is 0 Å². The minimum atomic E-state index is -1.40. The highest BCUT2D eigenvalue weighted by atomic mass is 35.5. The molecule has 0 heterocycles. The number of halogens is 1. The molecule has 0 saturated carbocycles. The smallest absolute Gasteiger partial charge is 0.411 e. The van der Waals surface area contributed by atoms with Crippen molar-refractivity contribution < 1.29 is 24.2 Å². The van der Waals surface area contributed by atoms with Gasteiger partial charge < -0.3 is 14.7 Å². The van der Waals surface area contributed by atoms with Gasteiger partial charge in [0.25, 0.3) is 5.91 Å². The third kappa shape index (κ3) is 4.59. The van der Waals surface area contributed by atoms with Gasteiger partial charge in [-0.3, -0.25) is 10.1 Å². The maximum Gasteiger partial charge on any atom is 0.411 e. The zero-order valence-corrected chi connectivity index (χ0v) is 20.3. The van der Waals surface area contributed by atoms with Gasteiger partial charge >= 0.3 is 12.1 Å². The predicted octanol–water partition coefficient (Wildman–Crippen LogP) is 5.64. The number of ether oxygens (including phenoxy) is 1. The molecule has 0 aromatic heterocycles. The van der Waals surface area contributed by atoms with Crippen LogP contribution in [0.2, 0.25) is 5.02 Å². The molecule has 7 nitrogen and oxygen atoms in total. The summed E-state index contributed by atoms with van der Waals surface area (Å²) in [5, 5.41) is 12.1. The number of amides is 2. The van der Waals surface area contributed by atoms with E-state index in [0.29, 0.717) is 0 Å². The van der Waals surface area contributed by atoms with E-state index in [1.165, 1.54) is 39.1 Å². The fraction of sp³-hybridized carbons (Fsp3) is 0.222. The van der Waals surface area contributed by atoms with Crippen molar-refractivity contribution in [2.75, 3.05) is 19.0 Å². The third-order valence-corrected chi connectivity index (χ3v) is 6.78. The molecule has 0 radical (unpaired) electrons. The first kappa shape index (κ1) is 24.3. The molecule has 0 saturated heterocycles. The zero-order chi connectivity index (χ0) is 25.3. The Bertz CT molecular complexity index is 1270. The number of likely N-dealkylation sites (N-methyl/N-ethyl adjacent to an activating group) is 1. The number of carboxylic acids is 1. The first-order valence-electron chi connectivity index (χ1n) is 11.0. The normalized spacial score (nSPS) is 12.5. The maximum atomic E-state index is 12.7. The number of nitrogens with zero attached hydrogens (tertiary/aromatic N) is 1. The molecule has 1 aliphatic carbocycles. The van der Waals surface area contributed by atoms with Crippen molar-refractivity contribution in [3.63, 3.8) is 0 Å². The first-order chi connectivity index (χ1) is 16.6. The van der Waals surface area contributed by atoms with Gasteiger partial charge in [0.05, 0.1) is 10.7 Å². The van der Waals surface area contributed by atoms with Gasteiger partial charge in [-0.05, 0) is 54.3 Å². The van der Waals surface area contributed by atoms with Crippen molar-refractivity contribution in [3.05, 3.63) is 88.4 Å². The van der Waals surface area contributed by atoms with E-state index in [1.807, 2.05) is 36.4 Å². The van der Waals surface area contributed by atoms with Crippen LogP contribution in [0.4, 0.5) is 10.5 Å². The van der Waals surface area contributed by atoms with Gasteiger partial charge in [-0.1, -0.05) is 60.1 Å². The fourth-order valence-corrected chi connectivity index (χ4v) is 4.31. The minimum absolute atomic E-state index is 0.0725. The van der Waals surface area contributed by atoms with Crippen LogP contribution in [0.5, 0.6) is 0 Å². The molecule has 2 amide bonds. The van der Waals surface area contributed by atoms with Crippen LogP contribution in [0.3, 0.4) is 0 Å². The van der Waals surface area contributed by atoms with Gasteiger partial charge in [0.2, 0.25) is 0 Å². The van der Waals surface area contributed by atoms with Crippen molar-refractivity contribution in [1.82, 2.24) is 4.90 Å². The molecule has 0 atom stereocenters. The quantitative estimate of drug-likeness (QED) is 0.464. The molecule has 35 heavy (non-hydrogen) atoms. The van der Waals surface area contributed by atoms with E-state index >= 15 is 0 Å². The van der Waals surface area contributed by atoms with Crippen LogP contribution in [-0.2, 0) is 9.53 Å². The number of carbonyl (C=O) groups excluding carboxylic acids is 2. The maximum absolute atomic E-state index is 12.7. The fourth-order valence-electron chi connectivity index (χ4n) is 4.08. The molecule has 3 aromatic rings. The highest BCUT2D eigenvalue weighted by Gasteiger charge is 2.35. The largest absolute Gasteiger partial charge is 0.480 e. The van der Waals surface area contributed by atoms with Crippen LogP contribution in [0.1, 0.15) is 41.3 Å². The third-order valence-electron chi connectivity index (χ3n) is 6.46. The summed E-state index contributed by atoms with van der Waals surface area (Å²) in [7, 11) is 1.41. The predicted molar refractivity (Wildman–Crippen MR) is 134 cm³/mol. The molecular formula is C27H25ClN2O5. The van der Waals surface area contributed by atoms with Crippen LogP contribution in [0.25, 0.3) is 11.1 Å². The van der Waals surface area contributed by atoms with Gasteiger partial charge in [0.15, 0.2) is 0 Å². The van der Waals surface area contributed by atoms with Crippen LogP contribution in [0, 0.1) is 0 Å². The number of hydrogen-bond donors (Lipinski definition) is 2. The Kier molecular flexibility index (Phi) is 6.54. The molecule has 3 aromatic carbocycles. The number of aliphatic carboxylic acids is 1. The second-order valence-corrected chi connectivity index (χ2v) is 9.28. The van der Waals surface area contributed by atoms with E-state index in [-0.39, 0.29) is 28.8 Å². The lowest BCUT2D eigenvalue weighted by atomic mass is 9.98. The topological polar surface area (TPSA) is 95.9 Å². The average Bonchev–Trinajstić information content (AvgIpc) is 3.16. The van der Waals surface area contributed by atoms with Crippen LogP contribution in [-0.4, -0.2) is 47.2 Å². The van der Waals surface area contributed by atoms with Gasteiger partial charge in [-0.2, -0.15) is 0 Å².